The third kappa shape index (κ3) is 3.52. The Hall–Kier alpha value is -0.790. The Morgan fingerprint density at radius 2 is 2.00 bits per heavy atom. The summed E-state index contributed by atoms with van der Waals surface area (Å²) in [6, 6.07) is -1.06. The van der Waals surface area contributed by atoms with Crippen LogP contribution in [-0.4, -0.2) is 45.2 Å². The van der Waals surface area contributed by atoms with Crippen LogP contribution in [0.3, 0.4) is 0 Å². The molecule has 0 aromatic carbocycles. The van der Waals surface area contributed by atoms with Gasteiger partial charge in [-0.25, -0.2) is 0 Å². The molecule has 0 amide bonds. The summed E-state index contributed by atoms with van der Waals surface area (Å²) in [5, 5.41) is 17.3. The van der Waals surface area contributed by atoms with Gasteiger partial charge >= 0.3 is 11.9 Å². The lowest BCUT2D eigenvalue weighted by molar-refractivity contribution is -0.140. The summed E-state index contributed by atoms with van der Waals surface area (Å²) in [5.74, 6) is -2.19. The zero-order chi connectivity index (χ0) is 11.4. The lowest BCUT2D eigenvalue weighted by atomic mass is 10.2. The number of hydrogen-bond donors (Lipinski definition) is 4. The van der Waals surface area contributed by atoms with Crippen molar-refractivity contribution in [2.24, 2.45) is 11.5 Å². The lowest BCUT2D eigenvalue weighted by Crippen LogP contribution is -2.42. The molecule has 14 heavy (non-hydrogen) atoms. The van der Waals surface area contributed by atoms with Gasteiger partial charge in [-0.05, 0) is 6.92 Å². The van der Waals surface area contributed by atoms with Gasteiger partial charge in [-0.1, -0.05) is 0 Å². The number of hydrogen-bond acceptors (Lipinski definition) is 5. The minimum atomic E-state index is -1.17. The van der Waals surface area contributed by atoms with E-state index in [-0.39, 0.29) is 12.3 Å². The van der Waals surface area contributed by atoms with Crippen molar-refractivity contribution >= 4 is 23.7 Å². The maximum atomic E-state index is 10.7. The van der Waals surface area contributed by atoms with Crippen molar-refractivity contribution in [1.29, 1.82) is 0 Å². The molecule has 0 aliphatic heterocycles. The minimum absolute atomic E-state index is 0.0231. The molecule has 0 rings (SSSR count). The first-order valence-electron chi connectivity index (χ1n) is 3.89. The summed E-state index contributed by atoms with van der Waals surface area (Å²) in [6.45, 7) is 1.37. The predicted molar refractivity (Wildman–Crippen MR) is 53.2 cm³/mol. The van der Waals surface area contributed by atoms with Gasteiger partial charge in [0.1, 0.15) is 10.8 Å². The molecule has 0 saturated carbocycles. The quantitative estimate of drug-likeness (QED) is 0.451. The molecular formula is C7H14N2O4S. The van der Waals surface area contributed by atoms with E-state index in [4.69, 9.17) is 21.7 Å². The number of carbonyl (C=O) groups is 2. The zero-order valence-corrected chi connectivity index (χ0v) is 8.58. The van der Waals surface area contributed by atoms with Crippen LogP contribution in [0.1, 0.15) is 6.92 Å². The summed E-state index contributed by atoms with van der Waals surface area (Å²) in [6.07, 6.45) is 0. The minimum Gasteiger partial charge on any atom is -0.480 e. The van der Waals surface area contributed by atoms with Crippen LogP contribution in [0, 0.1) is 0 Å². The van der Waals surface area contributed by atoms with Crippen LogP contribution >= 0.6 is 11.8 Å². The zero-order valence-electron chi connectivity index (χ0n) is 7.77. The van der Waals surface area contributed by atoms with E-state index in [2.05, 4.69) is 0 Å². The average molecular weight is 222 g/mol. The fourth-order valence-corrected chi connectivity index (χ4v) is 1.48. The predicted octanol–water partition coefficient (Wildman–Crippen LogP) is -1.07. The first-order valence-corrected chi connectivity index (χ1v) is 4.88. The lowest BCUT2D eigenvalue weighted by Gasteiger charge is -2.22. The summed E-state index contributed by atoms with van der Waals surface area (Å²) < 4.78 is -1.17. The first kappa shape index (κ1) is 13.2. The monoisotopic (exact) mass is 222 g/mol. The number of aliphatic carboxylic acids is 2. The summed E-state index contributed by atoms with van der Waals surface area (Å²) in [4.78, 5) is 21.1. The third-order valence-corrected chi connectivity index (χ3v) is 3.24. The molecule has 0 heterocycles. The second kappa shape index (κ2) is 5.18. The molecule has 0 aliphatic carbocycles. The highest BCUT2D eigenvalue weighted by Gasteiger charge is 2.33. The van der Waals surface area contributed by atoms with Gasteiger partial charge in [0.05, 0.1) is 0 Å². The normalized spacial score (nSPS) is 17.1. The molecule has 0 aromatic heterocycles. The standard InChI is InChI=1S/C7H14N2O4S/c1-7(3-8,6(12)13)14-2-4(9)5(10)11/h4H,2-3,8-9H2,1H3,(H,10,11)(H,12,13)/t4-,7-/m0/s1. The van der Waals surface area contributed by atoms with Crippen molar-refractivity contribution in [2.45, 2.75) is 17.7 Å². The molecule has 6 N–H and O–H groups in total. The van der Waals surface area contributed by atoms with Crippen molar-refractivity contribution in [2.75, 3.05) is 12.3 Å². The van der Waals surface area contributed by atoms with Gasteiger partial charge in [0.2, 0.25) is 0 Å². The highest BCUT2D eigenvalue weighted by molar-refractivity contribution is 8.01. The Labute approximate surface area is 85.6 Å². The van der Waals surface area contributed by atoms with Crippen molar-refractivity contribution < 1.29 is 19.8 Å². The average Bonchev–Trinajstić information content (AvgIpc) is 2.12. The van der Waals surface area contributed by atoms with Gasteiger partial charge in [0.25, 0.3) is 0 Å². The second-order valence-corrected chi connectivity index (χ2v) is 4.52. The molecule has 82 valence electrons. The topological polar surface area (TPSA) is 127 Å². The molecule has 0 aromatic rings. The van der Waals surface area contributed by atoms with E-state index >= 15 is 0 Å². The Kier molecular flexibility index (Phi) is 4.89. The fourth-order valence-electron chi connectivity index (χ4n) is 0.553. The van der Waals surface area contributed by atoms with E-state index in [1.807, 2.05) is 0 Å². The molecular weight excluding hydrogens is 208 g/mol. The molecule has 0 aliphatic rings. The molecule has 0 spiro atoms. The first-order chi connectivity index (χ1) is 6.33. The number of rotatable bonds is 6. The maximum Gasteiger partial charge on any atom is 0.321 e. The highest BCUT2D eigenvalue weighted by Crippen LogP contribution is 2.24. The highest BCUT2D eigenvalue weighted by atomic mass is 32.2. The molecule has 0 saturated heterocycles. The number of thioether (sulfide) groups is 1. The molecule has 0 unspecified atom stereocenters. The van der Waals surface area contributed by atoms with Crippen molar-refractivity contribution in [3.63, 3.8) is 0 Å². The van der Waals surface area contributed by atoms with Crippen LogP contribution in [0.5, 0.6) is 0 Å². The van der Waals surface area contributed by atoms with Crippen LogP contribution < -0.4 is 11.5 Å². The van der Waals surface area contributed by atoms with E-state index in [0.29, 0.717) is 0 Å². The number of carboxylic acid groups (broad SMARTS) is 2. The Bertz CT molecular complexity index is 236. The summed E-state index contributed by atoms with van der Waals surface area (Å²) in [7, 11) is 0. The van der Waals surface area contributed by atoms with Crippen LogP contribution in [-0.2, 0) is 9.59 Å². The SMILES string of the molecule is C[C@@](CN)(SC[C@H](N)C(=O)O)C(=O)O. The molecule has 0 bridgehead atoms. The van der Waals surface area contributed by atoms with Gasteiger partial charge in [0, 0.05) is 12.3 Å². The molecule has 0 radical (unpaired) electrons. The maximum absolute atomic E-state index is 10.7. The van der Waals surface area contributed by atoms with Crippen LogP contribution in [0.25, 0.3) is 0 Å². The fraction of sp³-hybridized carbons (Fsp3) is 0.714. The second-order valence-electron chi connectivity index (χ2n) is 3.00. The van der Waals surface area contributed by atoms with Gasteiger partial charge in [-0.2, -0.15) is 0 Å². The van der Waals surface area contributed by atoms with Crippen molar-refractivity contribution in [3.8, 4) is 0 Å². The van der Waals surface area contributed by atoms with Crippen LogP contribution in [0.15, 0.2) is 0 Å². The Balaban J connectivity index is 4.21. The van der Waals surface area contributed by atoms with Gasteiger partial charge in [-0.3, -0.25) is 9.59 Å². The number of carboxylic acids is 2. The van der Waals surface area contributed by atoms with Crippen LogP contribution in [0.2, 0.25) is 0 Å². The summed E-state index contributed by atoms with van der Waals surface area (Å²) in [5.41, 5.74) is 10.5. The van der Waals surface area contributed by atoms with Crippen LogP contribution in [0.4, 0.5) is 0 Å². The van der Waals surface area contributed by atoms with Crippen molar-refractivity contribution in [1.82, 2.24) is 0 Å². The molecule has 0 fully saturated rings. The van der Waals surface area contributed by atoms with Gasteiger partial charge in [0.15, 0.2) is 0 Å². The third-order valence-electron chi connectivity index (χ3n) is 1.74. The Morgan fingerprint density at radius 1 is 1.50 bits per heavy atom. The van der Waals surface area contributed by atoms with E-state index in [1.165, 1.54) is 6.92 Å². The smallest absolute Gasteiger partial charge is 0.321 e. The van der Waals surface area contributed by atoms with E-state index in [0.717, 1.165) is 11.8 Å². The van der Waals surface area contributed by atoms with E-state index in [9.17, 15) is 9.59 Å². The molecule has 7 heteroatoms. The summed E-state index contributed by atoms with van der Waals surface area (Å²) >= 11 is 0.938. The molecule has 6 nitrogen and oxygen atoms in total. The van der Waals surface area contributed by atoms with E-state index in [1.54, 1.807) is 0 Å². The van der Waals surface area contributed by atoms with E-state index < -0.39 is 22.7 Å². The van der Waals surface area contributed by atoms with Crippen molar-refractivity contribution in [3.05, 3.63) is 0 Å². The molecule has 2 atom stereocenters. The van der Waals surface area contributed by atoms with Gasteiger partial charge in [-0.15, -0.1) is 11.8 Å². The van der Waals surface area contributed by atoms with Gasteiger partial charge < -0.3 is 21.7 Å². The Morgan fingerprint density at radius 3 is 2.29 bits per heavy atom. The number of nitrogens with two attached hydrogens (primary N) is 2. The largest absolute Gasteiger partial charge is 0.480 e.